The van der Waals surface area contributed by atoms with E-state index in [1.165, 1.54) is 18.2 Å². The van der Waals surface area contributed by atoms with Gasteiger partial charge in [-0.3, -0.25) is 9.48 Å². The highest BCUT2D eigenvalue weighted by Crippen LogP contribution is 2.37. The standard InChI is InChI=1S/C27H31F3N4O4S/c1-3-33-17-23(31-32-33)10-8-20(14-26(35)36)19-9-11-24(27(28,29)30)22(13-19)16-34-15-18(2)12-21-6-4-5-7-25(21)39(34,37)38/h4-7,9,11,13,17-18,20H,3,8,10,12,14-16H2,1-2H3,(H,35,36). The van der Waals surface area contributed by atoms with Crippen LogP contribution in [0.1, 0.15) is 60.6 Å². The van der Waals surface area contributed by atoms with Gasteiger partial charge < -0.3 is 5.11 Å². The third-order valence-electron chi connectivity index (χ3n) is 7.01. The Morgan fingerprint density at radius 3 is 2.62 bits per heavy atom. The van der Waals surface area contributed by atoms with Crippen LogP contribution in [-0.2, 0) is 46.9 Å². The summed E-state index contributed by atoms with van der Waals surface area (Å²) in [4.78, 5) is 11.7. The van der Waals surface area contributed by atoms with Gasteiger partial charge >= 0.3 is 12.1 Å². The van der Waals surface area contributed by atoms with Crippen LogP contribution < -0.4 is 0 Å². The number of hydrogen-bond donors (Lipinski definition) is 1. The molecule has 1 N–H and O–H groups in total. The van der Waals surface area contributed by atoms with E-state index in [0.29, 0.717) is 42.6 Å². The first-order chi connectivity index (χ1) is 18.4. The monoisotopic (exact) mass is 564 g/mol. The quantitative estimate of drug-likeness (QED) is 0.397. The molecule has 3 aromatic rings. The number of aryl methyl sites for hydroxylation is 2. The summed E-state index contributed by atoms with van der Waals surface area (Å²) in [6.07, 6.45) is -2.05. The number of alkyl halides is 3. The molecule has 1 aliphatic rings. The second kappa shape index (κ2) is 11.5. The van der Waals surface area contributed by atoms with Gasteiger partial charge in [-0.25, -0.2) is 8.42 Å². The Labute approximate surface area is 225 Å². The van der Waals surface area contributed by atoms with Crippen LogP contribution >= 0.6 is 0 Å². The lowest BCUT2D eigenvalue weighted by Crippen LogP contribution is -2.33. The second-order valence-corrected chi connectivity index (χ2v) is 11.9. The van der Waals surface area contributed by atoms with Crippen LogP contribution in [-0.4, -0.2) is 45.3 Å². The molecule has 0 bridgehead atoms. The number of carbonyl (C=O) groups is 1. The van der Waals surface area contributed by atoms with Crippen molar-refractivity contribution < 1.29 is 31.5 Å². The van der Waals surface area contributed by atoms with Gasteiger partial charge in [0.1, 0.15) is 0 Å². The van der Waals surface area contributed by atoms with E-state index in [9.17, 15) is 31.5 Å². The van der Waals surface area contributed by atoms with E-state index in [1.807, 2.05) is 13.8 Å². The maximum Gasteiger partial charge on any atom is 0.416 e. The molecule has 2 atom stereocenters. The molecule has 0 spiro atoms. The van der Waals surface area contributed by atoms with Gasteiger partial charge in [-0.2, -0.15) is 17.5 Å². The number of aromatic nitrogens is 3. The van der Waals surface area contributed by atoms with Crippen molar-refractivity contribution in [2.75, 3.05) is 6.54 Å². The molecule has 39 heavy (non-hydrogen) atoms. The lowest BCUT2D eigenvalue weighted by atomic mass is 9.88. The van der Waals surface area contributed by atoms with Crippen molar-refractivity contribution in [3.63, 3.8) is 0 Å². The zero-order valence-electron chi connectivity index (χ0n) is 21.7. The van der Waals surface area contributed by atoms with Crippen molar-refractivity contribution in [3.05, 3.63) is 76.6 Å². The molecule has 0 amide bonds. The van der Waals surface area contributed by atoms with E-state index in [0.717, 1.165) is 10.4 Å². The molecule has 2 aromatic carbocycles. The van der Waals surface area contributed by atoms with Gasteiger partial charge in [0.15, 0.2) is 0 Å². The molecule has 2 heterocycles. The molecule has 1 aromatic heterocycles. The fourth-order valence-corrected chi connectivity index (χ4v) is 6.86. The first-order valence-corrected chi connectivity index (χ1v) is 14.2. The number of carboxylic acid groups (broad SMARTS) is 1. The highest BCUT2D eigenvalue weighted by Gasteiger charge is 2.37. The van der Waals surface area contributed by atoms with Crippen LogP contribution in [0.2, 0.25) is 0 Å². The van der Waals surface area contributed by atoms with E-state index < -0.39 is 40.2 Å². The van der Waals surface area contributed by atoms with Crippen LogP contribution in [0.25, 0.3) is 0 Å². The summed E-state index contributed by atoms with van der Waals surface area (Å²) < 4.78 is 72.0. The highest BCUT2D eigenvalue weighted by atomic mass is 32.2. The predicted molar refractivity (Wildman–Crippen MR) is 137 cm³/mol. The molecule has 4 rings (SSSR count). The number of fused-ring (bicyclic) bond motifs is 1. The Kier molecular flexibility index (Phi) is 8.45. The minimum atomic E-state index is -4.71. The van der Waals surface area contributed by atoms with E-state index in [2.05, 4.69) is 10.3 Å². The number of halogens is 3. The Balaban J connectivity index is 1.70. The predicted octanol–water partition coefficient (Wildman–Crippen LogP) is 4.89. The summed E-state index contributed by atoms with van der Waals surface area (Å²) in [6, 6.07) is 10.1. The van der Waals surface area contributed by atoms with Gasteiger partial charge in [-0.15, -0.1) is 5.10 Å². The fourth-order valence-electron chi connectivity index (χ4n) is 5.09. The molecule has 0 fully saturated rings. The fraction of sp³-hybridized carbons (Fsp3) is 0.444. The Hall–Kier alpha value is -3.25. The normalized spacial score (nSPS) is 18.3. The van der Waals surface area contributed by atoms with Crippen molar-refractivity contribution in [1.29, 1.82) is 0 Å². The molecule has 0 saturated heterocycles. The summed E-state index contributed by atoms with van der Waals surface area (Å²) in [7, 11) is -4.06. The average molecular weight is 565 g/mol. The van der Waals surface area contributed by atoms with Crippen LogP contribution in [0, 0.1) is 5.92 Å². The van der Waals surface area contributed by atoms with Gasteiger partial charge in [0.25, 0.3) is 0 Å². The third kappa shape index (κ3) is 6.67. The molecule has 0 aliphatic carbocycles. The maximum atomic E-state index is 14.1. The minimum absolute atomic E-state index is 0.0597. The molecule has 0 radical (unpaired) electrons. The number of aliphatic carboxylic acids is 1. The lowest BCUT2D eigenvalue weighted by molar-refractivity contribution is -0.139. The van der Waals surface area contributed by atoms with Crippen molar-refractivity contribution in [3.8, 4) is 0 Å². The molecule has 1 aliphatic heterocycles. The smallest absolute Gasteiger partial charge is 0.416 e. The van der Waals surface area contributed by atoms with Crippen LogP contribution in [0.15, 0.2) is 53.6 Å². The molecule has 8 nitrogen and oxygen atoms in total. The van der Waals surface area contributed by atoms with E-state index in [4.69, 9.17) is 0 Å². The van der Waals surface area contributed by atoms with Gasteiger partial charge in [0.2, 0.25) is 10.0 Å². The van der Waals surface area contributed by atoms with E-state index in [1.54, 1.807) is 29.1 Å². The van der Waals surface area contributed by atoms with Crippen molar-refractivity contribution >= 4 is 16.0 Å². The topological polar surface area (TPSA) is 105 Å². The van der Waals surface area contributed by atoms with Gasteiger partial charge in [-0.05, 0) is 66.8 Å². The number of nitrogens with zero attached hydrogens (tertiary/aromatic N) is 4. The van der Waals surface area contributed by atoms with Crippen LogP contribution in [0.4, 0.5) is 13.2 Å². The van der Waals surface area contributed by atoms with Gasteiger partial charge in [0, 0.05) is 25.8 Å². The SMILES string of the molecule is CCn1cc(CCC(CC(=O)O)c2ccc(C(F)(F)F)c(CN3CC(C)Cc4ccccc4S3(=O)=O)c2)nn1. The number of rotatable bonds is 9. The van der Waals surface area contributed by atoms with Gasteiger partial charge in [0.05, 0.1) is 22.6 Å². The first kappa shape index (κ1) is 28.8. The number of benzene rings is 2. The maximum absolute atomic E-state index is 14.1. The van der Waals surface area contributed by atoms with Crippen LogP contribution in [0.5, 0.6) is 0 Å². The molecular weight excluding hydrogens is 533 g/mol. The van der Waals surface area contributed by atoms with E-state index in [-0.39, 0.29) is 29.3 Å². The molecule has 12 heteroatoms. The minimum Gasteiger partial charge on any atom is -0.481 e. The van der Waals surface area contributed by atoms with Crippen LogP contribution in [0.3, 0.4) is 0 Å². The first-order valence-electron chi connectivity index (χ1n) is 12.8. The van der Waals surface area contributed by atoms with Crippen molar-refractivity contribution in [1.82, 2.24) is 19.3 Å². The Morgan fingerprint density at radius 1 is 1.21 bits per heavy atom. The molecular formula is C27H31F3N4O4S. The number of hydrogen-bond acceptors (Lipinski definition) is 5. The third-order valence-corrected chi connectivity index (χ3v) is 8.92. The van der Waals surface area contributed by atoms with Crippen molar-refractivity contribution in [2.45, 2.75) is 69.6 Å². The van der Waals surface area contributed by atoms with Gasteiger partial charge in [-0.1, -0.05) is 42.5 Å². The summed E-state index contributed by atoms with van der Waals surface area (Å²) in [6.45, 7) is 3.97. The Morgan fingerprint density at radius 2 is 1.95 bits per heavy atom. The molecule has 0 saturated carbocycles. The highest BCUT2D eigenvalue weighted by molar-refractivity contribution is 7.89. The lowest BCUT2D eigenvalue weighted by Gasteiger charge is -2.25. The molecule has 2 unspecified atom stereocenters. The van der Waals surface area contributed by atoms with E-state index >= 15 is 0 Å². The summed E-state index contributed by atoms with van der Waals surface area (Å²) in [5.41, 5.74) is 0.555. The summed E-state index contributed by atoms with van der Waals surface area (Å²) >= 11 is 0. The Bertz CT molecular complexity index is 1440. The summed E-state index contributed by atoms with van der Waals surface area (Å²) in [5.74, 6) is -1.80. The number of carboxylic acids is 1. The average Bonchev–Trinajstić information content (AvgIpc) is 3.30. The number of sulfonamides is 1. The summed E-state index contributed by atoms with van der Waals surface area (Å²) in [5, 5.41) is 17.6. The molecule has 210 valence electrons. The van der Waals surface area contributed by atoms with Crippen molar-refractivity contribution in [2.24, 2.45) is 5.92 Å². The largest absolute Gasteiger partial charge is 0.481 e. The zero-order chi connectivity index (χ0) is 28.4. The zero-order valence-corrected chi connectivity index (χ0v) is 22.5. The second-order valence-electron chi connectivity index (χ2n) is 10.0.